The Labute approximate surface area is 173 Å². The Balaban J connectivity index is 1.74. The highest BCUT2D eigenvalue weighted by Gasteiger charge is 2.24. The highest BCUT2D eigenvalue weighted by molar-refractivity contribution is 5.92. The van der Waals surface area contributed by atoms with Crippen LogP contribution in [0.25, 0.3) is 0 Å². The van der Waals surface area contributed by atoms with Gasteiger partial charge in [-0.1, -0.05) is 13.8 Å². The second-order valence-electron chi connectivity index (χ2n) is 7.34. The minimum atomic E-state index is -0.0329. The third kappa shape index (κ3) is 4.63. The van der Waals surface area contributed by atoms with Crippen LogP contribution in [0.3, 0.4) is 0 Å². The van der Waals surface area contributed by atoms with E-state index in [1.807, 2.05) is 35.4 Å². The van der Waals surface area contributed by atoms with Gasteiger partial charge in [-0.3, -0.25) is 4.79 Å². The van der Waals surface area contributed by atoms with Crippen molar-refractivity contribution < 1.29 is 14.3 Å². The first kappa shape index (κ1) is 21.0. The molecule has 2 heterocycles. The molecule has 6 nitrogen and oxygen atoms in total. The van der Waals surface area contributed by atoms with Gasteiger partial charge in [0.2, 0.25) is 0 Å². The average molecular weight is 398 g/mol. The maximum absolute atomic E-state index is 13.0. The van der Waals surface area contributed by atoms with Crippen LogP contribution in [0.1, 0.15) is 48.3 Å². The lowest BCUT2D eigenvalue weighted by Gasteiger charge is -2.29. The molecule has 0 saturated heterocycles. The summed E-state index contributed by atoms with van der Waals surface area (Å²) in [4.78, 5) is 21.7. The Morgan fingerprint density at radius 2 is 1.72 bits per heavy atom. The van der Waals surface area contributed by atoms with Crippen LogP contribution in [0.4, 0.5) is 5.69 Å². The van der Waals surface area contributed by atoms with Crippen LogP contribution in [0.5, 0.6) is 11.5 Å². The van der Waals surface area contributed by atoms with Gasteiger partial charge in [0.15, 0.2) is 11.5 Å². The molecule has 156 valence electrons. The van der Waals surface area contributed by atoms with E-state index >= 15 is 0 Å². The molecule has 0 radical (unpaired) electrons. The molecule has 0 spiro atoms. The van der Waals surface area contributed by atoms with Gasteiger partial charge in [0.1, 0.15) is 5.69 Å². The Hall–Kier alpha value is -2.76. The predicted octanol–water partition coefficient (Wildman–Crippen LogP) is 3.92. The van der Waals surface area contributed by atoms with Gasteiger partial charge < -0.3 is 19.3 Å². The number of rotatable bonds is 8. The Morgan fingerprint density at radius 1 is 1.07 bits per heavy atom. The molecule has 1 aliphatic rings. The van der Waals surface area contributed by atoms with Crippen LogP contribution in [-0.2, 0) is 13.0 Å². The van der Waals surface area contributed by atoms with Crippen LogP contribution in [0.15, 0.2) is 30.5 Å². The van der Waals surface area contributed by atoms with Gasteiger partial charge in [0, 0.05) is 26.2 Å². The van der Waals surface area contributed by atoms with E-state index in [1.54, 1.807) is 14.2 Å². The fourth-order valence-electron chi connectivity index (χ4n) is 3.83. The number of amides is 1. The molecule has 0 saturated carbocycles. The zero-order valence-electron chi connectivity index (χ0n) is 17.9. The normalized spacial score (nSPS) is 13.0. The number of pyridine rings is 1. The van der Waals surface area contributed by atoms with E-state index in [0.29, 0.717) is 24.5 Å². The number of methoxy groups -OCH3 is 2. The summed E-state index contributed by atoms with van der Waals surface area (Å²) in [5.74, 6) is 1.39. The van der Waals surface area contributed by atoms with Crippen LogP contribution in [0, 0.1) is 0 Å². The second-order valence-corrected chi connectivity index (χ2v) is 7.34. The number of anilines is 1. The predicted molar refractivity (Wildman–Crippen MR) is 115 cm³/mol. The van der Waals surface area contributed by atoms with E-state index in [4.69, 9.17) is 9.47 Å². The summed E-state index contributed by atoms with van der Waals surface area (Å²) in [7, 11) is 3.27. The van der Waals surface area contributed by atoms with Gasteiger partial charge in [0.05, 0.1) is 26.1 Å². The molecule has 6 heteroatoms. The molecule has 0 aliphatic carbocycles. The van der Waals surface area contributed by atoms with Crippen molar-refractivity contribution in [3.8, 4) is 11.5 Å². The third-order valence-corrected chi connectivity index (χ3v) is 5.32. The summed E-state index contributed by atoms with van der Waals surface area (Å²) in [6.45, 7) is 7.56. The first-order valence-electron chi connectivity index (χ1n) is 10.3. The molecule has 1 amide bonds. The van der Waals surface area contributed by atoms with Crippen molar-refractivity contribution >= 4 is 11.6 Å². The van der Waals surface area contributed by atoms with E-state index in [-0.39, 0.29) is 5.91 Å². The maximum atomic E-state index is 13.0. The Kier molecular flexibility index (Phi) is 6.96. The average Bonchev–Trinajstić information content (AvgIpc) is 2.77. The molecule has 0 bridgehead atoms. The fraction of sp³-hybridized carbons (Fsp3) is 0.478. The SMILES string of the molecule is CCCN(CCC)c1ccc(C(=O)N2CCc3cc(OC)c(OC)cc3C2)nc1. The summed E-state index contributed by atoms with van der Waals surface area (Å²) in [5.41, 5.74) is 3.86. The Bertz CT molecular complexity index is 830. The van der Waals surface area contributed by atoms with Gasteiger partial charge in [-0.15, -0.1) is 0 Å². The molecule has 29 heavy (non-hydrogen) atoms. The molecule has 0 N–H and O–H groups in total. The van der Waals surface area contributed by atoms with Crippen LogP contribution in [0.2, 0.25) is 0 Å². The highest BCUT2D eigenvalue weighted by Crippen LogP contribution is 2.33. The van der Waals surface area contributed by atoms with Crippen molar-refractivity contribution in [3.63, 3.8) is 0 Å². The monoisotopic (exact) mass is 397 g/mol. The summed E-state index contributed by atoms with van der Waals surface area (Å²) in [6, 6.07) is 7.84. The molecule has 3 rings (SSSR count). The number of benzene rings is 1. The molecular formula is C23H31N3O3. The number of nitrogens with zero attached hydrogens (tertiary/aromatic N) is 3. The molecule has 0 atom stereocenters. The molecule has 1 aromatic heterocycles. The van der Waals surface area contributed by atoms with Crippen molar-refractivity contribution in [3.05, 3.63) is 47.3 Å². The third-order valence-electron chi connectivity index (χ3n) is 5.32. The molecule has 0 fully saturated rings. The van der Waals surface area contributed by atoms with E-state index in [2.05, 4.69) is 23.7 Å². The smallest absolute Gasteiger partial charge is 0.272 e. The topological polar surface area (TPSA) is 54.9 Å². The Morgan fingerprint density at radius 3 is 2.28 bits per heavy atom. The number of hydrogen-bond acceptors (Lipinski definition) is 5. The van der Waals surface area contributed by atoms with Gasteiger partial charge in [-0.2, -0.15) is 0 Å². The molecule has 1 aromatic carbocycles. The summed E-state index contributed by atoms with van der Waals surface area (Å²) in [6.07, 6.45) is 4.79. The number of hydrogen-bond donors (Lipinski definition) is 0. The van der Waals surface area contributed by atoms with Crippen LogP contribution < -0.4 is 14.4 Å². The number of carbonyl (C=O) groups is 1. The lowest BCUT2D eigenvalue weighted by atomic mass is 9.98. The van der Waals surface area contributed by atoms with E-state index in [1.165, 1.54) is 5.56 Å². The fourth-order valence-corrected chi connectivity index (χ4v) is 3.83. The zero-order valence-corrected chi connectivity index (χ0v) is 17.9. The van der Waals surface area contributed by atoms with Crippen molar-refractivity contribution in [2.24, 2.45) is 0 Å². The van der Waals surface area contributed by atoms with Gasteiger partial charge in [-0.05, 0) is 54.7 Å². The molecule has 1 aliphatic heterocycles. The van der Waals surface area contributed by atoms with Crippen molar-refractivity contribution in [1.29, 1.82) is 0 Å². The lowest BCUT2D eigenvalue weighted by molar-refractivity contribution is 0.0728. The first-order chi connectivity index (χ1) is 14.1. The minimum absolute atomic E-state index is 0.0329. The number of fused-ring (bicyclic) bond motifs is 1. The number of ether oxygens (including phenoxy) is 2. The second kappa shape index (κ2) is 9.63. The standard InChI is InChI=1S/C23H31N3O3/c1-5-10-25(11-6-2)19-7-8-20(24-15-19)23(27)26-12-9-17-13-21(28-3)22(29-4)14-18(17)16-26/h7-8,13-15H,5-6,9-12,16H2,1-4H3. The van der Waals surface area contributed by atoms with Gasteiger partial charge in [0.25, 0.3) is 5.91 Å². The van der Waals surface area contributed by atoms with Crippen LogP contribution in [-0.4, -0.2) is 49.6 Å². The van der Waals surface area contributed by atoms with E-state index in [9.17, 15) is 4.79 Å². The van der Waals surface area contributed by atoms with E-state index in [0.717, 1.165) is 49.4 Å². The summed E-state index contributed by atoms with van der Waals surface area (Å²) >= 11 is 0. The zero-order chi connectivity index (χ0) is 20.8. The summed E-state index contributed by atoms with van der Waals surface area (Å²) in [5, 5.41) is 0. The van der Waals surface area contributed by atoms with Crippen molar-refractivity contribution in [1.82, 2.24) is 9.88 Å². The highest BCUT2D eigenvalue weighted by atomic mass is 16.5. The van der Waals surface area contributed by atoms with E-state index < -0.39 is 0 Å². The van der Waals surface area contributed by atoms with Crippen LogP contribution >= 0.6 is 0 Å². The van der Waals surface area contributed by atoms with Crippen molar-refractivity contribution in [2.45, 2.75) is 39.7 Å². The largest absolute Gasteiger partial charge is 0.493 e. The lowest BCUT2D eigenvalue weighted by Crippen LogP contribution is -2.36. The van der Waals surface area contributed by atoms with Crippen molar-refractivity contribution in [2.75, 3.05) is 38.8 Å². The maximum Gasteiger partial charge on any atom is 0.272 e. The summed E-state index contributed by atoms with van der Waals surface area (Å²) < 4.78 is 10.8. The first-order valence-corrected chi connectivity index (χ1v) is 10.3. The van der Waals surface area contributed by atoms with Gasteiger partial charge >= 0.3 is 0 Å². The molecule has 2 aromatic rings. The minimum Gasteiger partial charge on any atom is -0.493 e. The van der Waals surface area contributed by atoms with Gasteiger partial charge in [-0.25, -0.2) is 4.98 Å². The molecular weight excluding hydrogens is 366 g/mol. The number of carbonyl (C=O) groups excluding carboxylic acids is 1. The number of aromatic nitrogens is 1. The quantitative estimate of drug-likeness (QED) is 0.676. The molecule has 0 unspecified atom stereocenters.